The van der Waals surface area contributed by atoms with Gasteiger partial charge in [0, 0.05) is 12.2 Å². The second-order valence-electron chi connectivity index (χ2n) is 6.16. The Hall–Kier alpha value is -3.12. The van der Waals surface area contributed by atoms with Crippen LogP contribution in [-0.2, 0) is 20.0 Å². The molecule has 0 aromatic heterocycles. The number of amides is 2. The summed E-state index contributed by atoms with van der Waals surface area (Å²) in [4.78, 5) is 22.0. The van der Waals surface area contributed by atoms with E-state index in [4.69, 9.17) is 0 Å². The van der Waals surface area contributed by atoms with Gasteiger partial charge in [0.15, 0.2) is 0 Å². The first-order valence-electron chi connectivity index (χ1n) is 8.80. The Balaban J connectivity index is 2.12. The summed E-state index contributed by atoms with van der Waals surface area (Å²) in [5.74, 6) is -1.52. The topological polar surface area (TPSA) is 162 Å². The molecule has 0 saturated carbocycles. The van der Waals surface area contributed by atoms with Crippen molar-refractivity contribution >= 4 is 37.7 Å². The fourth-order valence-electron chi connectivity index (χ4n) is 2.30. The molecule has 3 N–H and O–H groups in total. The van der Waals surface area contributed by atoms with Crippen molar-refractivity contribution in [2.45, 2.75) is 29.6 Å². The molecule has 0 unspecified atom stereocenters. The fraction of sp³-hybridized carbons (Fsp3) is 0.222. The molecule has 0 radical (unpaired) electrons. The number of unbranched alkanes of at least 4 members (excludes halogenated alkanes) is 1. The summed E-state index contributed by atoms with van der Waals surface area (Å²) in [5.41, 5.74) is -0.261. The molecule has 10 nitrogen and oxygen atoms in total. The zero-order chi connectivity index (χ0) is 22.4. The van der Waals surface area contributed by atoms with Crippen LogP contribution in [0.5, 0.6) is 0 Å². The van der Waals surface area contributed by atoms with Crippen LogP contribution in [0.1, 0.15) is 30.1 Å². The lowest BCUT2D eigenvalue weighted by Crippen LogP contribution is -2.39. The van der Waals surface area contributed by atoms with Crippen molar-refractivity contribution < 1.29 is 31.5 Å². The normalized spacial score (nSPS) is 11.5. The number of anilines is 1. The maximum Gasteiger partial charge on any atom is 0.328 e. The van der Waals surface area contributed by atoms with Gasteiger partial charge in [-0.1, -0.05) is 25.5 Å². The van der Waals surface area contributed by atoms with Crippen LogP contribution < -0.4 is 19.9 Å². The van der Waals surface area contributed by atoms with E-state index < -0.39 is 32.0 Å². The average Bonchev–Trinajstić information content (AvgIpc) is 2.68. The van der Waals surface area contributed by atoms with Gasteiger partial charge >= 0.3 is 6.03 Å². The van der Waals surface area contributed by atoms with E-state index in [1.165, 1.54) is 30.3 Å². The van der Waals surface area contributed by atoms with Crippen LogP contribution in [0.25, 0.3) is 0 Å². The molecule has 0 spiro atoms. The average molecular weight is 455 g/mol. The lowest BCUT2D eigenvalue weighted by molar-refractivity contribution is -0.255. The van der Waals surface area contributed by atoms with Crippen molar-refractivity contribution in [2.75, 3.05) is 11.3 Å². The standard InChI is InChI=1S/C18H21N3O7S2/c1-2-3-11-19-18(24)21-29(25,26)15-9-7-14(8-10-15)20-30(27,28)16-6-4-5-13(12-16)17(22)23/h4-10,12,20H,2-3,11H2,1H3,(H,22,23)(H2,19,21,24)/p-1. The monoisotopic (exact) mass is 454 g/mol. The molecule has 2 aromatic carbocycles. The van der Waals surface area contributed by atoms with Gasteiger partial charge in [-0.3, -0.25) is 4.72 Å². The molecule has 2 rings (SSSR count). The number of carboxylic acids is 1. The van der Waals surface area contributed by atoms with E-state index in [0.717, 1.165) is 24.6 Å². The van der Waals surface area contributed by atoms with Gasteiger partial charge in [0.1, 0.15) is 0 Å². The van der Waals surface area contributed by atoms with Crippen LogP contribution in [0.2, 0.25) is 0 Å². The van der Waals surface area contributed by atoms with Crippen molar-refractivity contribution in [1.29, 1.82) is 0 Å². The van der Waals surface area contributed by atoms with Crippen molar-refractivity contribution in [1.82, 2.24) is 10.0 Å². The number of hydrogen-bond acceptors (Lipinski definition) is 7. The van der Waals surface area contributed by atoms with E-state index in [1.807, 2.05) is 11.6 Å². The molecule has 2 aromatic rings. The van der Waals surface area contributed by atoms with Gasteiger partial charge in [0.2, 0.25) is 0 Å². The molecule has 12 heteroatoms. The lowest BCUT2D eigenvalue weighted by atomic mass is 10.2. The molecule has 162 valence electrons. The van der Waals surface area contributed by atoms with E-state index in [1.54, 1.807) is 0 Å². The summed E-state index contributed by atoms with van der Waals surface area (Å²) in [6.07, 6.45) is 1.54. The number of hydrogen-bond donors (Lipinski definition) is 3. The quantitative estimate of drug-likeness (QED) is 0.468. The van der Waals surface area contributed by atoms with Crippen molar-refractivity contribution in [3.63, 3.8) is 0 Å². The molecular formula is C18H20N3O7S2-. The Morgan fingerprint density at radius 3 is 2.20 bits per heavy atom. The van der Waals surface area contributed by atoms with Gasteiger partial charge < -0.3 is 15.2 Å². The summed E-state index contributed by atoms with van der Waals surface area (Å²) in [5, 5.41) is 13.3. The molecule has 0 fully saturated rings. The molecule has 2 amide bonds. The molecule has 0 atom stereocenters. The number of nitrogens with one attached hydrogen (secondary N) is 3. The number of benzene rings is 2. The lowest BCUT2D eigenvalue weighted by Gasteiger charge is -2.11. The summed E-state index contributed by atoms with van der Waals surface area (Å²) < 4.78 is 53.4. The smallest absolute Gasteiger partial charge is 0.328 e. The fourth-order valence-corrected chi connectivity index (χ4v) is 4.33. The third-order valence-electron chi connectivity index (χ3n) is 3.84. The molecule has 0 saturated heterocycles. The zero-order valence-corrected chi connectivity index (χ0v) is 17.5. The Morgan fingerprint density at radius 1 is 0.933 bits per heavy atom. The van der Waals surface area contributed by atoms with Gasteiger partial charge in [-0.15, -0.1) is 0 Å². The van der Waals surface area contributed by atoms with E-state index in [9.17, 15) is 31.5 Å². The van der Waals surface area contributed by atoms with Crippen molar-refractivity contribution in [3.8, 4) is 0 Å². The SMILES string of the molecule is CCCCNC(=O)NS(=O)(=O)c1ccc(NS(=O)(=O)c2cccc(C(=O)[O-])c2)cc1. The Bertz CT molecular complexity index is 1130. The maximum atomic E-state index is 12.4. The first kappa shape index (κ1) is 23.2. The highest BCUT2D eigenvalue weighted by molar-refractivity contribution is 7.92. The molecule has 0 heterocycles. The van der Waals surface area contributed by atoms with E-state index >= 15 is 0 Å². The van der Waals surface area contributed by atoms with Crippen LogP contribution in [0.3, 0.4) is 0 Å². The number of carboxylic acid groups (broad SMARTS) is 1. The van der Waals surface area contributed by atoms with Gasteiger partial charge in [0.25, 0.3) is 20.0 Å². The Labute approximate surface area is 174 Å². The number of carbonyl (C=O) groups is 2. The second kappa shape index (κ2) is 9.59. The minimum absolute atomic E-state index is 0.0419. The van der Waals surface area contributed by atoms with E-state index in [0.29, 0.717) is 13.0 Å². The summed E-state index contributed by atoms with van der Waals surface area (Å²) >= 11 is 0. The van der Waals surface area contributed by atoms with Crippen molar-refractivity contribution in [2.24, 2.45) is 0 Å². The van der Waals surface area contributed by atoms with E-state index in [2.05, 4.69) is 10.0 Å². The van der Waals surface area contributed by atoms with Crippen LogP contribution in [0.15, 0.2) is 58.3 Å². The van der Waals surface area contributed by atoms with Gasteiger partial charge in [0.05, 0.1) is 15.8 Å². The van der Waals surface area contributed by atoms with Crippen LogP contribution >= 0.6 is 0 Å². The number of urea groups is 1. The predicted octanol–water partition coefficient (Wildman–Crippen LogP) is 0.639. The first-order valence-corrected chi connectivity index (χ1v) is 11.8. The zero-order valence-electron chi connectivity index (χ0n) is 15.9. The van der Waals surface area contributed by atoms with Gasteiger partial charge in [-0.2, -0.15) is 0 Å². The minimum Gasteiger partial charge on any atom is -0.545 e. The number of aromatic carboxylic acids is 1. The van der Waals surface area contributed by atoms with Crippen molar-refractivity contribution in [3.05, 3.63) is 54.1 Å². The molecule has 30 heavy (non-hydrogen) atoms. The van der Waals surface area contributed by atoms with Gasteiger partial charge in [-0.25, -0.2) is 26.4 Å². The molecular weight excluding hydrogens is 434 g/mol. The highest BCUT2D eigenvalue weighted by atomic mass is 32.2. The Kier molecular flexibility index (Phi) is 7.40. The largest absolute Gasteiger partial charge is 0.545 e. The molecule has 0 aliphatic heterocycles. The predicted molar refractivity (Wildman–Crippen MR) is 107 cm³/mol. The summed E-state index contributed by atoms with van der Waals surface area (Å²) in [6.45, 7) is 2.25. The summed E-state index contributed by atoms with van der Waals surface area (Å²) in [7, 11) is -8.26. The number of rotatable bonds is 9. The van der Waals surface area contributed by atoms with Crippen LogP contribution in [0, 0.1) is 0 Å². The number of carbonyl (C=O) groups excluding carboxylic acids is 2. The summed E-state index contributed by atoms with van der Waals surface area (Å²) in [6, 6.07) is 8.38. The third kappa shape index (κ3) is 6.19. The minimum atomic E-state index is -4.14. The third-order valence-corrected chi connectivity index (χ3v) is 6.57. The van der Waals surface area contributed by atoms with Gasteiger partial charge in [-0.05, 0) is 48.4 Å². The number of sulfonamides is 2. The maximum absolute atomic E-state index is 12.4. The molecule has 0 bridgehead atoms. The highest BCUT2D eigenvalue weighted by Crippen LogP contribution is 2.19. The Morgan fingerprint density at radius 2 is 1.60 bits per heavy atom. The van der Waals surface area contributed by atoms with Crippen LogP contribution in [0.4, 0.5) is 10.5 Å². The molecule has 0 aliphatic carbocycles. The second-order valence-corrected chi connectivity index (χ2v) is 9.52. The molecule has 0 aliphatic rings. The first-order chi connectivity index (χ1) is 14.0. The van der Waals surface area contributed by atoms with E-state index in [-0.39, 0.29) is 21.0 Å². The highest BCUT2D eigenvalue weighted by Gasteiger charge is 2.19. The van der Waals surface area contributed by atoms with Crippen LogP contribution in [-0.4, -0.2) is 35.4 Å².